The van der Waals surface area contributed by atoms with E-state index in [0.29, 0.717) is 22.0 Å². The van der Waals surface area contributed by atoms with Crippen LogP contribution in [-0.4, -0.2) is 51.9 Å². The van der Waals surface area contributed by atoms with Crippen molar-refractivity contribution >= 4 is 39.1 Å². The molecule has 10 heteroatoms. The summed E-state index contributed by atoms with van der Waals surface area (Å²) in [5, 5.41) is 3.07. The van der Waals surface area contributed by atoms with Crippen molar-refractivity contribution in [2.75, 3.05) is 25.0 Å². The predicted molar refractivity (Wildman–Crippen MR) is 169 cm³/mol. The van der Waals surface area contributed by atoms with Gasteiger partial charge in [-0.2, -0.15) is 0 Å². The molecule has 8 nitrogen and oxygen atoms in total. The van der Waals surface area contributed by atoms with Crippen molar-refractivity contribution in [1.29, 1.82) is 0 Å². The Kier molecular flexibility index (Phi) is 10.4. The molecular weight excluding hydrogens is 586 g/mol. The lowest BCUT2D eigenvalue weighted by atomic mass is 10.0. The average molecular weight is 620 g/mol. The summed E-state index contributed by atoms with van der Waals surface area (Å²) in [5.41, 5.74) is 2.59. The van der Waals surface area contributed by atoms with Crippen LogP contribution in [0.5, 0.6) is 5.75 Å². The predicted octanol–water partition coefficient (Wildman–Crippen LogP) is 5.24. The first-order valence-corrected chi connectivity index (χ1v) is 15.5. The monoisotopic (exact) mass is 619 g/mol. The number of hydrogen-bond acceptors (Lipinski definition) is 5. The number of hydrogen-bond donors (Lipinski definition) is 1. The molecule has 0 radical (unpaired) electrons. The van der Waals surface area contributed by atoms with E-state index >= 15 is 0 Å². The average Bonchev–Trinajstić information content (AvgIpc) is 3.02. The SMILES string of the molecule is CNC(=O)[C@@H](Cc1ccccc1)N(Cc1cccc(OC)c1)C(=O)CN(c1ccccc1C)S(=O)(=O)c1ccc(Cl)cc1. The number of carbonyl (C=O) groups excluding carboxylic acids is 2. The fraction of sp³-hybridized carbons (Fsp3) is 0.212. The van der Waals surface area contributed by atoms with Gasteiger partial charge >= 0.3 is 0 Å². The number of sulfonamides is 1. The summed E-state index contributed by atoms with van der Waals surface area (Å²) in [6, 6.07) is 28.4. The molecule has 0 fully saturated rings. The van der Waals surface area contributed by atoms with E-state index in [1.54, 1.807) is 56.5 Å². The summed E-state index contributed by atoms with van der Waals surface area (Å²) in [6.45, 7) is 1.28. The highest BCUT2D eigenvalue weighted by Crippen LogP contribution is 2.28. The first-order valence-electron chi connectivity index (χ1n) is 13.7. The lowest BCUT2D eigenvalue weighted by molar-refractivity contribution is -0.139. The summed E-state index contributed by atoms with van der Waals surface area (Å²) < 4.78 is 34.6. The maximum atomic E-state index is 14.4. The molecule has 0 aliphatic heterocycles. The summed E-state index contributed by atoms with van der Waals surface area (Å²) >= 11 is 6.04. The van der Waals surface area contributed by atoms with Crippen molar-refractivity contribution in [2.45, 2.75) is 30.8 Å². The minimum atomic E-state index is -4.21. The van der Waals surface area contributed by atoms with E-state index in [1.165, 1.54) is 36.2 Å². The molecule has 4 rings (SSSR count). The summed E-state index contributed by atoms with van der Waals surface area (Å²) in [6.07, 6.45) is 0.227. The number of anilines is 1. The molecule has 0 saturated heterocycles. The Morgan fingerprint density at radius 2 is 1.53 bits per heavy atom. The van der Waals surface area contributed by atoms with Crippen LogP contribution in [0.3, 0.4) is 0 Å². The Labute approximate surface area is 257 Å². The molecule has 0 aliphatic carbocycles. The van der Waals surface area contributed by atoms with Crippen LogP contribution in [-0.2, 0) is 32.6 Å². The molecule has 4 aromatic carbocycles. The topological polar surface area (TPSA) is 96.0 Å². The van der Waals surface area contributed by atoms with E-state index in [0.717, 1.165) is 15.4 Å². The van der Waals surface area contributed by atoms with Gasteiger partial charge in [0.2, 0.25) is 11.8 Å². The van der Waals surface area contributed by atoms with Gasteiger partial charge in [0.05, 0.1) is 17.7 Å². The van der Waals surface area contributed by atoms with Gasteiger partial charge in [-0.3, -0.25) is 13.9 Å². The largest absolute Gasteiger partial charge is 0.497 e. The van der Waals surface area contributed by atoms with Gasteiger partial charge in [-0.05, 0) is 66.1 Å². The maximum Gasteiger partial charge on any atom is 0.264 e. The molecule has 0 unspecified atom stereocenters. The van der Waals surface area contributed by atoms with Gasteiger partial charge < -0.3 is 15.0 Å². The number of para-hydroxylation sites is 1. The van der Waals surface area contributed by atoms with Crippen molar-refractivity contribution < 1.29 is 22.7 Å². The lowest BCUT2D eigenvalue weighted by Gasteiger charge is -2.34. The molecule has 0 saturated carbocycles. The number of methoxy groups -OCH3 is 1. The molecule has 4 aromatic rings. The van der Waals surface area contributed by atoms with E-state index in [-0.39, 0.29) is 23.8 Å². The fourth-order valence-electron chi connectivity index (χ4n) is 4.78. The molecule has 0 aromatic heterocycles. The standard InChI is InChI=1S/C33H34ClN3O5S/c1-24-10-7-8-15-30(24)37(43(40,41)29-18-16-27(34)17-19-29)23-32(38)36(22-26-13-9-14-28(20-26)42-3)31(33(39)35-2)21-25-11-5-4-6-12-25/h4-20,31H,21-23H2,1-3H3,(H,35,39)/t31-/m1/s1. The third-order valence-electron chi connectivity index (χ3n) is 7.07. The zero-order chi connectivity index (χ0) is 31.0. The molecule has 1 N–H and O–H groups in total. The Balaban J connectivity index is 1.80. The van der Waals surface area contributed by atoms with Crippen molar-refractivity contribution in [2.24, 2.45) is 0 Å². The number of nitrogens with zero attached hydrogens (tertiary/aromatic N) is 2. The number of halogens is 1. The third kappa shape index (κ3) is 7.74. The van der Waals surface area contributed by atoms with Gasteiger partial charge in [-0.15, -0.1) is 0 Å². The van der Waals surface area contributed by atoms with Crippen LogP contribution in [0.2, 0.25) is 5.02 Å². The van der Waals surface area contributed by atoms with Crippen LogP contribution < -0.4 is 14.4 Å². The highest BCUT2D eigenvalue weighted by Gasteiger charge is 2.34. The smallest absolute Gasteiger partial charge is 0.264 e. The minimum Gasteiger partial charge on any atom is -0.497 e. The van der Waals surface area contributed by atoms with Crippen molar-refractivity contribution in [3.05, 3.63) is 125 Å². The first kappa shape index (κ1) is 31.6. The van der Waals surface area contributed by atoms with E-state index in [2.05, 4.69) is 5.32 Å². The molecular formula is C33H34ClN3O5S. The molecule has 0 spiro atoms. The number of nitrogens with one attached hydrogen (secondary N) is 1. The zero-order valence-corrected chi connectivity index (χ0v) is 25.8. The second kappa shape index (κ2) is 14.2. The summed E-state index contributed by atoms with van der Waals surface area (Å²) in [5.74, 6) is -0.326. The Hall–Kier alpha value is -4.34. The molecule has 0 bridgehead atoms. The van der Waals surface area contributed by atoms with Crippen LogP contribution in [0.15, 0.2) is 108 Å². The Morgan fingerprint density at radius 3 is 2.19 bits per heavy atom. The van der Waals surface area contributed by atoms with Crippen LogP contribution in [0.4, 0.5) is 5.69 Å². The van der Waals surface area contributed by atoms with Gasteiger partial charge in [0.15, 0.2) is 0 Å². The molecule has 43 heavy (non-hydrogen) atoms. The number of carbonyl (C=O) groups is 2. The van der Waals surface area contributed by atoms with Crippen LogP contribution in [0.1, 0.15) is 16.7 Å². The number of likely N-dealkylation sites (N-methyl/N-ethyl adjacent to an activating group) is 1. The van der Waals surface area contributed by atoms with E-state index in [4.69, 9.17) is 16.3 Å². The van der Waals surface area contributed by atoms with Crippen LogP contribution in [0, 0.1) is 6.92 Å². The van der Waals surface area contributed by atoms with Crippen molar-refractivity contribution in [1.82, 2.24) is 10.2 Å². The number of benzene rings is 4. The second-order valence-corrected chi connectivity index (χ2v) is 12.2. The summed E-state index contributed by atoms with van der Waals surface area (Å²) in [7, 11) is -1.15. The van der Waals surface area contributed by atoms with Gasteiger partial charge in [-0.1, -0.05) is 72.3 Å². The Morgan fingerprint density at radius 1 is 0.884 bits per heavy atom. The molecule has 0 heterocycles. The normalized spacial score (nSPS) is 11.8. The highest BCUT2D eigenvalue weighted by atomic mass is 35.5. The van der Waals surface area contributed by atoms with E-state index in [1.807, 2.05) is 36.4 Å². The van der Waals surface area contributed by atoms with Crippen LogP contribution >= 0.6 is 11.6 Å². The van der Waals surface area contributed by atoms with Gasteiger partial charge in [-0.25, -0.2) is 8.42 Å². The lowest BCUT2D eigenvalue weighted by Crippen LogP contribution is -2.53. The molecule has 224 valence electrons. The van der Waals surface area contributed by atoms with Crippen molar-refractivity contribution in [3.63, 3.8) is 0 Å². The molecule has 0 aliphatic rings. The van der Waals surface area contributed by atoms with Gasteiger partial charge in [0.1, 0.15) is 18.3 Å². The number of amides is 2. The second-order valence-electron chi connectivity index (χ2n) is 9.95. The third-order valence-corrected chi connectivity index (χ3v) is 9.10. The van der Waals surface area contributed by atoms with E-state index in [9.17, 15) is 18.0 Å². The first-order chi connectivity index (χ1) is 20.6. The molecule has 2 amide bonds. The number of ether oxygens (including phenoxy) is 1. The maximum absolute atomic E-state index is 14.4. The quantitative estimate of drug-likeness (QED) is 0.234. The fourth-order valence-corrected chi connectivity index (χ4v) is 6.38. The minimum absolute atomic E-state index is 0.0144. The van der Waals surface area contributed by atoms with Gasteiger partial charge in [0, 0.05) is 25.0 Å². The van der Waals surface area contributed by atoms with Gasteiger partial charge in [0.25, 0.3) is 10.0 Å². The number of rotatable bonds is 12. The van der Waals surface area contributed by atoms with E-state index < -0.39 is 28.5 Å². The Bertz CT molecular complexity index is 1660. The summed E-state index contributed by atoms with van der Waals surface area (Å²) in [4.78, 5) is 29.1. The van der Waals surface area contributed by atoms with Crippen LogP contribution in [0.25, 0.3) is 0 Å². The number of aryl methyl sites for hydroxylation is 1. The molecule has 1 atom stereocenters. The highest BCUT2D eigenvalue weighted by molar-refractivity contribution is 7.92. The van der Waals surface area contributed by atoms with Crippen molar-refractivity contribution in [3.8, 4) is 5.75 Å². The zero-order valence-electron chi connectivity index (χ0n) is 24.2.